The summed E-state index contributed by atoms with van der Waals surface area (Å²) in [6.45, 7) is 0.662. The molecular weight excluding hydrogens is 210 g/mol. The normalized spacial score (nSPS) is 13.2. The summed E-state index contributed by atoms with van der Waals surface area (Å²) in [7, 11) is 1.68. The molecule has 0 saturated carbocycles. The molecule has 0 amide bonds. The zero-order valence-corrected chi connectivity index (χ0v) is 9.33. The smallest absolute Gasteiger partial charge is 0.111 e. The predicted molar refractivity (Wildman–Crippen MR) is 60.8 cm³/mol. The fraction of sp³-hybridized carbons (Fsp3) is 0.400. The van der Waals surface area contributed by atoms with Gasteiger partial charge in [-0.25, -0.2) is 4.98 Å². The minimum absolute atomic E-state index is 0.0395. The monoisotopic (exact) mass is 223 g/mol. The highest BCUT2D eigenvalue weighted by Gasteiger charge is 2.11. The van der Waals surface area contributed by atoms with Crippen molar-refractivity contribution in [1.82, 2.24) is 9.97 Å². The van der Waals surface area contributed by atoms with Crippen LogP contribution >= 0.6 is 11.3 Å². The van der Waals surface area contributed by atoms with Crippen LogP contribution in [0.15, 0.2) is 18.5 Å². The van der Waals surface area contributed by atoms with Gasteiger partial charge in [-0.15, -0.1) is 11.3 Å². The molecule has 1 atom stereocenters. The molecule has 1 unspecified atom stereocenters. The standard InChI is InChI=1S/C10H13N3OS/c1-14-5-3-7(11)10-13-8-6-12-4-2-9(8)15-10/h2,4,6-7H,3,5,11H2,1H3. The number of thiazole rings is 1. The van der Waals surface area contributed by atoms with Crippen molar-refractivity contribution in [1.29, 1.82) is 0 Å². The van der Waals surface area contributed by atoms with Crippen molar-refractivity contribution in [2.45, 2.75) is 12.5 Å². The van der Waals surface area contributed by atoms with E-state index in [0.29, 0.717) is 6.61 Å². The van der Waals surface area contributed by atoms with E-state index in [4.69, 9.17) is 10.5 Å². The van der Waals surface area contributed by atoms with E-state index in [1.54, 1.807) is 30.8 Å². The third-order valence-corrected chi connectivity index (χ3v) is 3.32. The average Bonchev–Trinajstić information content (AvgIpc) is 2.69. The van der Waals surface area contributed by atoms with Crippen molar-refractivity contribution < 1.29 is 4.74 Å². The van der Waals surface area contributed by atoms with Crippen LogP contribution in [0.4, 0.5) is 0 Å². The third kappa shape index (κ3) is 2.31. The molecule has 0 spiro atoms. The van der Waals surface area contributed by atoms with Gasteiger partial charge in [0, 0.05) is 19.9 Å². The Balaban J connectivity index is 2.20. The number of aromatic nitrogens is 2. The molecule has 0 saturated heterocycles. The predicted octanol–water partition coefficient (Wildman–Crippen LogP) is 1.73. The van der Waals surface area contributed by atoms with Crippen molar-refractivity contribution in [3.8, 4) is 0 Å². The van der Waals surface area contributed by atoms with Crippen molar-refractivity contribution in [2.75, 3.05) is 13.7 Å². The molecule has 0 aliphatic heterocycles. The fourth-order valence-corrected chi connectivity index (χ4v) is 2.30. The number of hydrogen-bond donors (Lipinski definition) is 1. The second-order valence-electron chi connectivity index (χ2n) is 3.28. The maximum absolute atomic E-state index is 5.99. The maximum atomic E-state index is 5.99. The first-order valence-electron chi connectivity index (χ1n) is 4.76. The number of fused-ring (bicyclic) bond motifs is 1. The van der Waals surface area contributed by atoms with E-state index in [-0.39, 0.29) is 6.04 Å². The summed E-state index contributed by atoms with van der Waals surface area (Å²) < 4.78 is 6.12. The first kappa shape index (κ1) is 10.5. The highest BCUT2D eigenvalue weighted by Crippen LogP contribution is 2.25. The quantitative estimate of drug-likeness (QED) is 0.857. The molecule has 15 heavy (non-hydrogen) atoms. The molecular formula is C10H13N3OS. The Hall–Kier alpha value is -1.04. The first-order chi connectivity index (χ1) is 7.31. The van der Waals surface area contributed by atoms with Crippen molar-refractivity contribution in [3.63, 3.8) is 0 Å². The largest absolute Gasteiger partial charge is 0.385 e. The zero-order valence-electron chi connectivity index (χ0n) is 8.51. The summed E-state index contributed by atoms with van der Waals surface area (Å²) in [5.41, 5.74) is 6.91. The molecule has 0 aliphatic carbocycles. The van der Waals surface area contributed by atoms with Crippen LogP contribution in [-0.2, 0) is 4.74 Å². The summed E-state index contributed by atoms with van der Waals surface area (Å²) >= 11 is 1.62. The van der Waals surface area contributed by atoms with Crippen LogP contribution in [0.1, 0.15) is 17.5 Å². The van der Waals surface area contributed by atoms with Gasteiger partial charge >= 0.3 is 0 Å². The van der Waals surface area contributed by atoms with Gasteiger partial charge in [0.15, 0.2) is 0 Å². The Morgan fingerprint density at radius 3 is 3.20 bits per heavy atom. The molecule has 2 N–H and O–H groups in total. The number of methoxy groups -OCH3 is 1. The lowest BCUT2D eigenvalue weighted by molar-refractivity contribution is 0.188. The second kappa shape index (κ2) is 4.65. The van der Waals surface area contributed by atoms with Crippen LogP contribution in [0.2, 0.25) is 0 Å². The minimum atomic E-state index is -0.0395. The topological polar surface area (TPSA) is 61.0 Å². The van der Waals surface area contributed by atoms with Gasteiger partial charge in [0.1, 0.15) is 5.01 Å². The van der Waals surface area contributed by atoms with Crippen LogP contribution in [0.3, 0.4) is 0 Å². The Morgan fingerprint density at radius 1 is 1.60 bits per heavy atom. The lowest BCUT2D eigenvalue weighted by Crippen LogP contribution is -2.12. The number of pyridine rings is 1. The molecule has 2 heterocycles. The van der Waals surface area contributed by atoms with E-state index in [1.165, 1.54) is 0 Å². The van der Waals surface area contributed by atoms with Gasteiger partial charge in [0.2, 0.25) is 0 Å². The lowest BCUT2D eigenvalue weighted by atomic mass is 10.2. The number of nitrogens with zero attached hydrogens (tertiary/aromatic N) is 2. The molecule has 2 aromatic heterocycles. The van der Waals surface area contributed by atoms with E-state index >= 15 is 0 Å². The molecule has 5 heteroatoms. The van der Waals surface area contributed by atoms with Gasteiger partial charge in [-0.05, 0) is 12.5 Å². The van der Waals surface area contributed by atoms with E-state index in [9.17, 15) is 0 Å². The summed E-state index contributed by atoms with van der Waals surface area (Å²) in [6.07, 6.45) is 4.33. The molecule has 4 nitrogen and oxygen atoms in total. The summed E-state index contributed by atoms with van der Waals surface area (Å²) in [6, 6.07) is 1.92. The van der Waals surface area contributed by atoms with E-state index < -0.39 is 0 Å². The SMILES string of the molecule is COCCC(N)c1nc2cnccc2s1. The summed E-state index contributed by atoms with van der Waals surface area (Å²) in [5, 5.41) is 0.954. The molecule has 80 valence electrons. The lowest BCUT2D eigenvalue weighted by Gasteiger charge is -2.06. The van der Waals surface area contributed by atoms with E-state index in [2.05, 4.69) is 9.97 Å². The Bertz CT molecular complexity index is 410. The van der Waals surface area contributed by atoms with E-state index in [0.717, 1.165) is 21.6 Å². The number of nitrogens with two attached hydrogens (primary N) is 1. The highest BCUT2D eigenvalue weighted by molar-refractivity contribution is 7.18. The number of ether oxygens (including phenoxy) is 1. The summed E-state index contributed by atoms with van der Waals surface area (Å²) in [5.74, 6) is 0. The maximum Gasteiger partial charge on any atom is 0.111 e. The molecule has 2 rings (SSSR count). The Labute approximate surface area is 92.1 Å². The van der Waals surface area contributed by atoms with Crippen LogP contribution < -0.4 is 5.73 Å². The van der Waals surface area contributed by atoms with Gasteiger partial charge in [0.25, 0.3) is 0 Å². The van der Waals surface area contributed by atoms with Crippen LogP contribution in [0.25, 0.3) is 10.2 Å². The number of hydrogen-bond acceptors (Lipinski definition) is 5. The van der Waals surface area contributed by atoms with Crippen LogP contribution in [0.5, 0.6) is 0 Å². The van der Waals surface area contributed by atoms with Crippen molar-refractivity contribution in [2.24, 2.45) is 5.73 Å². The molecule has 0 aliphatic rings. The van der Waals surface area contributed by atoms with Gasteiger partial charge in [-0.2, -0.15) is 0 Å². The summed E-state index contributed by atoms with van der Waals surface area (Å²) in [4.78, 5) is 8.47. The van der Waals surface area contributed by atoms with Gasteiger partial charge in [0.05, 0.1) is 22.5 Å². The van der Waals surface area contributed by atoms with Crippen LogP contribution in [0, 0.1) is 0 Å². The zero-order chi connectivity index (χ0) is 10.7. The van der Waals surface area contributed by atoms with Gasteiger partial charge < -0.3 is 10.5 Å². The van der Waals surface area contributed by atoms with Gasteiger partial charge in [-0.3, -0.25) is 4.98 Å². The van der Waals surface area contributed by atoms with Crippen LogP contribution in [-0.4, -0.2) is 23.7 Å². The first-order valence-corrected chi connectivity index (χ1v) is 5.58. The number of rotatable bonds is 4. The molecule has 0 fully saturated rings. The minimum Gasteiger partial charge on any atom is -0.385 e. The molecule has 0 aromatic carbocycles. The third-order valence-electron chi connectivity index (χ3n) is 2.16. The molecule has 0 radical (unpaired) electrons. The Morgan fingerprint density at radius 2 is 2.47 bits per heavy atom. The van der Waals surface area contributed by atoms with Crippen molar-refractivity contribution in [3.05, 3.63) is 23.5 Å². The second-order valence-corrected chi connectivity index (χ2v) is 4.35. The fourth-order valence-electron chi connectivity index (χ4n) is 1.32. The Kier molecular flexibility index (Phi) is 3.25. The molecule has 2 aromatic rings. The van der Waals surface area contributed by atoms with Crippen molar-refractivity contribution >= 4 is 21.6 Å². The average molecular weight is 223 g/mol. The van der Waals surface area contributed by atoms with E-state index in [1.807, 2.05) is 6.07 Å². The molecule has 0 bridgehead atoms. The van der Waals surface area contributed by atoms with Gasteiger partial charge in [-0.1, -0.05) is 0 Å². The highest BCUT2D eigenvalue weighted by atomic mass is 32.1.